The van der Waals surface area contributed by atoms with Gasteiger partial charge in [-0.05, 0) is 60.1 Å². The average molecular weight is 394 g/mol. The number of nitro groups is 1. The van der Waals surface area contributed by atoms with Crippen LogP contribution in [0, 0.1) is 10.1 Å². The first-order valence-electron chi connectivity index (χ1n) is 9.24. The highest BCUT2D eigenvalue weighted by molar-refractivity contribution is 7.99. The summed E-state index contributed by atoms with van der Waals surface area (Å²) in [6.07, 6.45) is 3.22. The largest absolute Gasteiger partial charge is 0.497 e. The van der Waals surface area contributed by atoms with Crippen molar-refractivity contribution in [1.82, 2.24) is 0 Å². The normalized spacial score (nSPS) is 19.1. The number of ether oxygens (including phenoxy) is 1. The molecule has 2 aromatic rings. The molecule has 6 heteroatoms. The van der Waals surface area contributed by atoms with Crippen LogP contribution in [0.25, 0.3) is 0 Å². The Kier molecular flexibility index (Phi) is 5.13. The van der Waals surface area contributed by atoms with Crippen molar-refractivity contribution in [2.75, 3.05) is 23.5 Å². The maximum absolute atomic E-state index is 11.0. The lowest BCUT2D eigenvalue weighted by Gasteiger charge is -2.38. The fourth-order valence-corrected chi connectivity index (χ4v) is 5.01. The van der Waals surface area contributed by atoms with Crippen molar-refractivity contribution in [3.63, 3.8) is 0 Å². The van der Waals surface area contributed by atoms with Gasteiger partial charge < -0.3 is 9.64 Å². The van der Waals surface area contributed by atoms with Crippen LogP contribution in [0.1, 0.15) is 24.8 Å². The molecule has 0 N–H and O–H groups in total. The lowest BCUT2D eigenvalue weighted by Crippen LogP contribution is -2.29. The quantitative estimate of drug-likeness (QED) is 0.506. The summed E-state index contributed by atoms with van der Waals surface area (Å²) in [4.78, 5) is 12.9. The molecule has 5 nitrogen and oxygen atoms in total. The Morgan fingerprint density at radius 3 is 2.50 bits per heavy atom. The summed E-state index contributed by atoms with van der Waals surface area (Å²) in [5.41, 5.74) is 6.36. The molecule has 0 spiro atoms. The van der Waals surface area contributed by atoms with Crippen molar-refractivity contribution >= 4 is 23.1 Å². The monoisotopic (exact) mass is 394 g/mol. The SMILES string of the molecule is COc1ccc(N2C=C(C)[C@@H](c3ccc([N+](=O)[O-])cc3)C3=C2CCSC3)cc1. The number of thioether (sulfide) groups is 1. The van der Waals surface area contributed by atoms with Crippen LogP contribution in [-0.4, -0.2) is 23.5 Å². The van der Waals surface area contributed by atoms with Gasteiger partial charge in [-0.3, -0.25) is 10.1 Å². The van der Waals surface area contributed by atoms with Gasteiger partial charge in [0.15, 0.2) is 0 Å². The molecule has 2 aromatic carbocycles. The third-order valence-electron chi connectivity index (χ3n) is 5.33. The molecule has 0 fully saturated rings. The molecule has 1 atom stereocenters. The molecule has 2 heterocycles. The van der Waals surface area contributed by atoms with Crippen molar-refractivity contribution in [3.8, 4) is 5.75 Å². The molecule has 0 saturated carbocycles. The van der Waals surface area contributed by atoms with Gasteiger partial charge in [-0.25, -0.2) is 0 Å². The van der Waals surface area contributed by atoms with Crippen LogP contribution >= 0.6 is 11.8 Å². The van der Waals surface area contributed by atoms with E-state index in [0.29, 0.717) is 0 Å². The number of methoxy groups -OCH3 is 1. The summed E-state index contributed by atoms with van der Waals surface area (Å²) in [6.45, 7) is 2.14. The number of rotatable bonds is 4. The number of hydrogen-bond donors (Lipinski definition) is 0. The zero-order valence-electron chi connectivity index (χ0n) is 15.9. The molecule has 0 bridgehead atoms. The Morgan fingerprint density at radius 1 is 1.14 bits per heavy atom. The molecular weight excluding hydrogens is 372 g/mol. The molecule has 0 amide bonds. The molecule has 2 aliphatic rings. The highest BCUT2D eigenvalue weighted by Crippen LogP contribution is 2.45. The fraction of sp³-hybridized carbons (Fsp3) is 0.273. The van der Waals surface area contributed by atoms with Crippen LogP contribution in [0.5, 0.6) is 5.75 Å². The summed E-state index contributed by atoms with van der Waals surface area (Å²) < 4.78 is 5.29. The smallest absolute Gasteiger partial charge is 0.269 e. The van der Waals surface area contributed by atoms with E-state index >= 15 is 0 Å². The van der Waals surface area contributed by atoms with Crippen LogP contribution < -0.4 is 9.64 Å². The first kappa shape index (κ1) is 18.6. The van der Waals surface area contributed by atoms with Crippen LogP contribution in [0.3, 0.4) is 0 Å². The van der Waals surface area contributed by atoms with E-state index in [9.17, 15) is 10.1 Å². The van der Waals surface area contributed by atoms with Crippen molar-refractivity contribution in [2.24, 2.45) is 0 Å². The zero-order chi connectivity index (χ0) is 19.7. The van der Waals surface area contributed by atoms with E-state index in [-0.39, 0.29) is 16.5 Å². The molecular formula is C22H22N2O3S. The van der Waals surface area contributed by atoms with Crippen molar-refractivity contribution < 1.29 is 9.66 Å². The molecule has 2 aliphatic heterocycles. The molecule has 0 unspecified atom stereocenters. The number of non-ortho nitro benzene ring substituents is 1. The Hall–Kier alpha value is -2.73. The van der Waals surface area contributed by atoms with Gasteiger partial charge in [0.1, 0.15) is 5.75 Å². The standard InChI is InChI=1S/C22H22N2O3S/c1-15-13-23(17-7-9-19(27-2)10-8-17)21-11-12-28-14-20(21)22(15)16-3-5-18(6-4-16)24(25)26/h3-10,13,22H,11-12,14H2,1-2H3/t22-/m0/s1. The topological polar surface area (TPSA) is 55.6 Å². The van der Waals surface area contributed by atoms with Crippen LogP contribution in [0.2, 0.25) is 0 Å². The van der Waals surface area contributed by atoms with Gasteiger partial charge in [0, 0.05) is 41.4 Å². The maximum atomic E-state index is 11.0. The van der Waals surface area contributed by atoms with Gasteiger partial charge in [-0.2, -0.15) is 11.8 Å². The minimum Gasteiger partial charge on any atom is -0.497 e. The number of nitro benzene ring substituents is 1. The number of allylic oxidation sites excluding steroid dienone is 2. The lowest BCUT2D eigenvalue weighted by atomic mass is 9.82. The Balaban J connectivity index is 1.74. The number of benzene rings is 2. The van der Waals surface area contributed by atoms with Crippen LogP contribution in [0.15, 0.2) is 71.6 Å². The summed E-state index contributed by atoms with van der Waals surface area (Å²) >= 11 is 1.95. The minimum absolute atomic E-state index is 0.133. The number of anilines is 1. The summed E-state index contributed by atoms with van der Waals surface area (Å²) in [5, 5.41) is 11.0. The third-order valence-corrected chi connectivity index (χ3v) is 6.33. The highest BCUT2D eigenvalue weighted by Gasteiger charge is 2.31. The summed E-state index contributed by atoms with van der Waals surface area (Å²) in [6, 6.07) is 15.1. The minimum atomic E-state index is -0.347. The van der Waals surface area contributed by atoms with E-state index in [1.165, 1.54) is 16.8 Å². The average Bonchev–Trinajstić information content (AvgIpc) is 2.73. The number of nitrogens with zero attached hydrogens (tertiary/aromatic N) is 2. The van der Waals surface area contributed by atoms with Gasteiger partial charge in [0.2, 0.25) is 0 Å². The van der Waals surface area contributed by atoms with Gasteiger partial charge in [0.25, 0.3) is 5.69 Å². The van der Waals surface area contributed by atoms with E-state index < -0.39 is 0 Å². The van der Waals surface area contributed by atoms with E-state index in [4.69, 9.17) is 4.74 Å². The van der Waals surface area contributed by atoms with Crippen LogP contribution in [-0.2, 0) is 0 Å². The Morgan fingerprint density at radius 2 is 1.86 bits per heavy atom. The lowest BCUT2D eigenvalue weighted by molar-refractivity contribution is -0.384. The van der Waals surface area contributed by atoms with Crippen molar-refractivity contribution in [2.45, 2.75) is 19.3 Å². The Bertz CT molecular complexity index is 949. The predicted molar refractivity (Wildman–Crippen MR) is 114 cm³/mol. The fourth-order valence-electron chi connectivity index (χ4n) is 3.98. The maximum Gasteiger partial charge on any atom is 0.269 e. The second kappa shape index (κ2) is 7.72. The van der Waals surface area contributed by atoms with Gasteiger partial charge in [-0.1, -0.05) is 12.1 Å². The van der Waals surface area contributed by atoms with Crippen molar-refractivity contribution in [1.29, 1.82) is 0 Å². The highest BCUT2D eigenvalue weighted by atomic mass is 32.2. The molecule has 28 heavy (non-hydrogen) atoms. The molecule has 144 valence electrons. The molecule has 0 aromatic heterocycles. The molecule has 0 aliphatic carbocycles. The van der Waals surface area contributed by atoms with Crippen molar-refractivity contribution in [3.05, 3.63) is 87.3 Å². The van der Waals surface area contributed by atoms with Gasteiger partial charge in [-0.15, -0.1) is 0 Å². The van der Waals surface area contributed by atoms with E-state index in [1.807, 2.05) is 36.0 Å². The van der Waals surface area contributed by atoms with E-state index in [2.05, 4.69) is 30.2 Å². The predicted octanol–water partition coefficient (Wildman–Crippen LogP) is 5.50. The van der Waals surface area contributed by atoms with Crippen LogP contribution in [0.4, 0.5) is 11.4 Å². The Labute approximate surface area is 168 Å². The third kappa shape index (κ3) is 3.40. The molecule has 4 rings (SSSR count). The number of hydrogen-bond acceptors (Lipinski definition) is 5. The zero-order valence-corrected chi connectivity index (χ0v) is 16.7. The second-order valence-corrected chi connectivity index (χ2v) is 8.10. The summed E-state index contributed by atoms with van der Waals surface area (Å²) in [5.74, 6) is 3.11. The first-order chi connectivity index (χ1) is 13.6. The van der Waals surface area contributed by atoms with Gasteiger partial charge >= 0.3 is 0 Å². The second-order valence-electron chi connectivity index (χ2n) is 7.00. The molecule has 0 radical (unpaired) electrons. The molecule has 0 saturated heterocycles. The first-order valence-corrected chi connectivity index (χ1v) is 10.4. The summed E-state index contributed by atoms with van der Waals surface area (Å²) in [7, 11) is 1.67. The van der Waals surface area contributed by atoms with E-state index in [1.54, 1.807) is 19.2 Å². The van der Waals surface area contributed by atoms with E-state index in [0.717, 1.165) is 34.9 Å². The van der Waals surface area contributed by atoms with Gasteiger partial charge in [0.05, 0.1) is 12.0 Å².